The number of nitrogens with zero attached hydrogens (tertiary/aromatic N) is 5. The van der Waals surface area contributed by atoms with Crippen LogP contribution >= 0.6 is 11.8 Å². The summed E-state index contributed by atoms with van der Waals surface area (Å²) in [6.07, 6.45) is 4.62. The molecule has 4 aromatic rings. The lowest BCUT2D eigenvalue weighted by Crippen LogP contribution is -2.04. The summed E-state index contributed by atoms with van der Waals surface area (Å²) < 4.78 is 0. The molecule has 1 aromatic carbocycles. The molecule has 4 rings (SSSR count). The van der Waals surface area contributed by atoms with E-state index in [9.17, 15) is 10.1 Å². The molecule has 3 aromatic heterocycles. The van der Waals surface area contributed by atoms with E-state index < -0.39 is 4.92 Å². The van der Waals surface area contributed by atoms with Gasteiger partial charge in [0.15, 0.2) is 5.03 Å². The fourth-order valence-corrected chi connectivity index (χ4v) is 3.67. The van der Waals surface area contributed by atoms with Crippen molar-refractivity contribution in [3.63, 3.8) is 0 Å². The Morgan fingerprint density at radius 2 is 1.89 bits per heavy atom. The molecule has 0 radical (unpaired) electrons. The van der Waals surface area contributed by atoms with Crippen LogP contribution in [0.2, 0.25) is 0 Å². The normalized spacial score (nSPS) is 10.8. The predicted octanol–water partition coefficient (Wildman–Crippen LogP) is 4.53. The van der Waals surface area contributed by atoms with E-state index in [1.807, 2.05) is 43.3 Å². The quantitative estimate of drug-likeness (QED) is 0.301. The van der Waals surface area contributed by atoms with E-state index in [0.717, 1.165) is 21.4 Å². The van der Waals surface area contributed by atoms with Crippen molar-refractivity contribution in [2.24, 2.45) is 0 Å². The van der Waals surface area contributed by atoms with Gasteiger partial charge in [0.05, 0.1) is 10.4 Å². The summed E-state index contributed by atoms with van der Waals surface area (Å²) in [6.45, 7) is 1.91. The van der Waals surface area contributed by atoms with Crippen LogP contribution in [0.5, 0.6) is 0 Å². The first-order valence-corrected chi connectivity index (χ1v) is 9.14. The molecule has 0 bridgehead atoms. The molecule has 0 aliphatic carbocycles. The van der Waals surface area contributed by atoms with E-state index in [-0.39, 0.29) is 16.5 Å². The Morgan fingerprint density at radius 3 is 2.71 bits per heavy atom. The maximum atomic E-state index is 11.8. The highest BCUT2D eigenvalue weighted by atomic mass is 32.2. The van der Waals surface area contributed by atoms with E-state index >= 15 is 0 Å². The summed E-state index contributed by atoms with van der Waals surface area (Å²) >= 11 is 1.18. The molecule has 28 heavy (non-hydrogen) atoms. The van der Waals surface area contributed by atoms with Gasteiger partial charge in [0, 0.05) is 22.7 Å². The number of nitro groups is 1. The smallest absolute Gasteiger partial charge is 0.319 e. The maximum absolute atomic E-state index is 11.8. The lowest BCUT2D eigenvalue weighted by Gasteiger charge is -2.09. The zero-order valence-electron chi connectivity index (χ0n) is 14.7. The second-order valence-corrected chi connectivity index (χ2v) is 6.94. The number of anilines is 2. The highest BCUT2D eigenvalue weighted by molar-refractivity contribution is 7.99. The first kappa shape index (κ1) is 17.8. The molecular formula is C19H14N6O2S. The Kier molecular flexibility index (Phi) is 4.81. The Hall–Kier alpha value is -3.59. The van der Waals surface area contributed by atoms with Gasteiger partial charge in [-0.25, -0.2) is 15.0 Å². The van der Waals surface area contributed by atoms with Gasteiger partial charge in [0.2, 0.25) is 5.82 Å². The van der Waals surface area contributed by atoms with Gasteiger partial charge < -0.3 is 5.32 Å². The fraction of sp³-hybridized carbons (Fsp3) is 0.0526. The van der Waals surface area contributed by atoms with Gasteiger partial charge in [-0.1, -0.05) is 30.0 Å². The van der Waals surface area contributed by atoms with Crippen LogP contribution in [0.4, 0.5) is 17.3 Å². The number of hydrogen-bond acceptors (Lipinski definition) is 8. The van der Waals surface area contributed by atoms with E-state index in [4.69, 9.17) is 0 Å². The van der Waals surface area contributed by atoms with E-state index in [0.29, 0.717) is 5.82 Å². The third kappa shape index (κ3) is 3.60. The number of nitrogens with one attached hydrogen (secondary N) is 1. The molecule has 0 aliphatic heterocycles. The molecule has 0 spiro atoms. The summed E-state index contributed by atoms with van der Waals surface area (Å²) in [5.74, 6) is 0.568. The largest absolute Gasteiger partial charge is 0.344 e. The molecule has 0 saturated carbocycles. The van der Waals surface area contributed by atoms with Crippen molar-refractivity contribution in [1.82, 2.24) is 19.9 Å². The molecule has 1 N–H and O–H groups in total. The molecule has 0 unspecified atom stereocenters. The SMILES string of the molecule is Cc1ccnc(Nc2ncnc(Sc3cccc4cccnc34)c2[N+](=O)[O-])c1. The van der Waals surface area contributed by atoms with Crippen molar-refractivity contribution in [1.29, 1.82) is 0 Å². The summed E-state index contributed by atoms with van der Waals surface area (Å²) in [4.78, 5) is 28.9. The molecular weight excluding hydrogens is 376 g/mol. The summed E-state index contributed by atoms with van der Waals surface area (Å²) in [5.41, 5.74) is 1.53. The first-order chi connectivity index (χ1) is 13.6. The maximum Gasteiger partial charge on any atom is 0.344 e. The standard InChI is InChI=1S/C19H14N6O2S/c1-12-7-9-20-15(10-12)24-18-17(25(26)27)19(23-11-22-18)28-14-6-2-4-13-5-3-8-21-16(13)14/h2-11H,1H3,(H,20,22,23,24). The number of hydrogen-bond donors (Lipinski definition) is 1. The fourth-order valence-electron chi connectivity index (χ4n) is 2.68. The number of aromatic nitrogens is 4. The molecule has 9 heteroatoms. The molecule has 138 valence electrons. The van der Waals surface area contributed by atoms with Crippen molar-refractivity contribution < 1.29 is 4.92 Å². The molecule has 0 amide bonds. The lowest BCUT2D eigenvalue weighted by atomic mass is 10.2. The lowest BCUT2D eigenvalue weighted by molar-refractivity contribution is -0.387. The average Bonchev–Trinajstić information content (AvgIpc) is 2.68. The molecule has 0 atom stereocenters. The number of aryl methyl sites for hydroxylation is 1. The van der Waals surface area contributed by atoms with Crippen molar-refractivity contribution >= 4 is 40.0 Å². The minimum Gasteiger partial charge on any atom is -0.319 e. The number of benzene rings is 1. The second kappa shape index (κ2) is 7.57. The Morgan fingerprint density at radius 1 is 1.04 bits per heavy atom. The zero-order chi connectivity index (χ0) is 19.5. The first-order valence-electron chi connectivity index (χ1n) is 8.32. The van der Waals surface area contributed by atoms with Gasteiger partial charge in [-0.3, -0.25) is 15.1 Å². The van der Waals surface area contributed by atoms with Crippen molar-refractivity contribution in [2.45, 2.75) is 16.8 Å². The predicted molar refractivity (Wildman–Crippen MR) is 107 cm³/mol. The number of rotatable bonds is 5. The third-order valence-corrected chi connectivity index (χ3v) is 4.98. The molecule has 0 fully saturated rings. The minimum atomic E-state index is -0.487. The van der Waals surface area contributed by atoms with E-state index in [1.165, 1.54) is 18.1 Å². The highest BCUT2D eigenvalue weighted by Crippen LogP contribution is 2.39. The molecule has 0 saturated heterocycles. The monoisotopic (exact) mass is 390 g/mol. The van der Waals surface area contributed by atoms with Crippen molar-refractivity contribution in [2.75, 3.05) is 5.32 Å². The van der Waals surface area contributed by atoms with Crippen molar-refractivity contribution in [3.05, 3.63) is 76.9 Å². The van der Waals surface area contributed by atoms with Crippen LogP contribution in [0.1, 0.15) is 5.56 Å². The number of pyridine rings is 2. The Balaban J connectivity index is 1.76. The van der Waals surface area contributed by atoms with Crippen LogP contribution in [-0.4, -0.2) is 24.9 Å². The summed E-state index contributed by atoms with van der Waals surface area (Å²) in [6, 6.07) is 13.1. The topological polar surface area (TPSA) is 107 Å². The summed E-state index contributed by atoms with van der Waals surface area (Å²) in [5, 5.41) is 15.9. The van der Waals surface area contributed by atoms with E-state index in [2.05, 4.69) is 25.3 Å². The number of fused-ring (bicyclic) bond motifs is 1. The Labute approximate surface area is 164 Å². The van der Waals surface area contributed by atoms with Gasteiger partial charge in [-0.2, -0.15) is 0 Å². The van der Waals surface area contributed by atoms with Crippen LogP contribution in [0.3, 0.4) is 0 Å². The zero-order valence-corrected chi connectivity index (χ0v) is 15.6. The molecule has 3 heterocycles. The van der Waals surface area contributed by atoms with Gasteiger partial charge in [0.25, 0.3) is 0 Å². The van der Waals surface area contributed by atoms with E-state index in [1.54, 1.807) is 18.5 Å². The van der Waals surface area contributed by atoms with Gasteiger partial charge in [-0.05, 0) is 36.8 Å². The second-order valence-electron chi connectivity index (χ2n) is 5.91. The minimum absolute atomic E-state index is 0.0915. The van der Waals surface area contributed by atoms with Crippen LogP contribution in [0.15, 0.2) is 71.1 Å². The average molecular weight is 390 g/mol. The summed E-state index contributed by atoms with van der Waals surface area (Å²) in [7, 11) is 0. The number of para-hydroxylation sites is 1. The highest BCUT2D eigenvalue weighted by Gasteiger charge is 2.24. The molecule has 0 aliphatic rings. The van der Waals surface area contributed by atoms with Crippen LogP contribution < -0.4 is 5.32 Å². The van der Waals surface area contributed by atoms with Gasteiger partial charge in [-0.15, -0.1) is 0 Å². The van der Waals surface area contributed by atoms with Crippen molar-refractivity contribution in [3.8, 4) is 0 Å². The van der Waals surface area contributed by atoms with Gasteiger partial charge >= 0.3 is 5.69 Å². The van der Waals surface area contributed by atoms with Gasteiger partial charge in [0.1, 0.15) is 12.1 Å². The van der Waals surface area contributed by atoms with Crippen LogP contribution in [-0.2, 0) is 0 Å². The Bertz CT molecular complexity index is 1180. The third-order valence-electron chi connectivity index (χ3n) is 3.94. The molecule has 8 nitrogen and oxygen atoms in total. The van der Waals surface area contributed by atoms with Crippen LogP contribution in [0.25, 0.3) is 10.9 Å². The van der Waals surface area contributed by atoms with Crippen LogP contribution in [0, 0.1) is 17.0 Å².